The summed E-state index contributed by atoms with van der Waals surface area (Å²) in [5.41, 5.74) is 0. The standard InChI is InChI=1S/C10H10O7/c11-8(12)4-16-6-2-1-3-7(10(6)15)17-5-9(13)14/h1-3,15H,4-5H2,(H,11,12)(H,13,14). The molecule has 0 spiro atoms. The number of phenolic OH excluding ortho intramolecular Hbond substituents is 1. The molecule has 0 radical (unpaired) electrons. The summed E-state index contributed by atoms with van der Waals surface area (Å²) < 4.78 is 9.54. The van der Waals surface area contributed by atoms with Crippen LogP contribution in [0.25, 0.3) is 0 Å². The average molecular weight is 242 g/mol. The molecule has 0 aliphatic carbocycles. The summed E-state index contributed by atoms with van der Waals surface area (Å²) in [6.07, 6.45) is 0. The van der Waals surface area contributed by atoms with Gasteiger partial charge in [0.2, 0.25) is 5.75 Å². The van der Waals surface area contributed by atoms with Crippen LogP contribution in [0.15, 0.2) is 18.2 Å². The van der Waals surface area contributed by atoms with Crippen LogP contribution in [0, 0.1) is 0 Å². The minimum atomic E-state index is -1.19. The van der Waals surface area contributed by atoms with E-state index in [-0.39, 0.29) is 11.5 Å². The number of aromatic hydroxyl groups is 1. The maximum atomic E-state index is 10.3. The Morgan fingerprint density at radius 1 is 1.00 bits per heavy atom. The molecule has 0 aliphatic heterocycles. The van der Waals surface area contributed by atoms with Crippen molar-refractivity contribution < 1.29 is 34.4 Å². The van der Waals surface area contributed by atoms with E-state index in [1.165, 1.54) is 18.2 Å². The summed E-state index contributed by atoms with van der Waals surface area (Å²) >= 11 is 0. The predicted molar refractivity (Wildman–Crippen MR) is 54.4 cm³/mol. The van der Waals surface area contributed by atoms with Crippen LogP contribution in [0.2, 0.25) is 0 Å². The smallest absolute Gasteiger partial charge is 0.341 e. The number of rotatable bonds is 6. The second-order valence-corrected chi connectivity index (χ2v) is 2.97. The van der Waals surface area contributed by atoms with Gasteiger partial charge in [-0.1, -0.05) is 6.07 Å². The number of phenols is 1. The molecule has 1 aromatic carbocycles. The number of carbonyl (C=O) groups is 2. The highest BCUT2D eigenvalue weighted by molar-refractivity contribution is 5.69. The number of carboxylic acid groups (broad SMARTS) is 2. The molecule has 0 fully saturated rings. The van der Waals surface area contributed by atoms with Crippen molar-refractivity contribution in [2.75, 3.05) is 13.2 Å². The van der Waals surface area contributed by atoms with E-state index in [1.807, 2.05) is 0 Å². The second kappa shape index (κ2) is 5.59. The molecular weight excluding hydrogens is 232 g/mol. The highest BCUT2D eigenvalue weighted by atomic mass is 16.5. The van der Waals surface area contributed by atoms with E-state index >= 15 is 0 Å². The minimum absolute atomic E-state index is 0.0877. The van der Waals surface area contributed by atoms with Crippen LogP contribution in [0.3, 0.4) is 0 Å². The lowest BCUT2D eigenvalue weighted by atomic mass is 10.3. The van der Waals surface area contributed by atoms with Gasteiger partial charge in [-0.15, -0.1) is 0 Å². The molecule has 0 heterocycles. The second-order valence-electron chi connectivity index (χ2n) is 2.97. The normalized spacial score (nSPS) is 9.65. The van der Waals surface area contributed by atoms with E-state index in [0.29, 0.717) is 0 Å². The Kier molecular flexibility index (Phi) is 4.15. The topological polar surface area (TPSA) is 113 Å². The van der Waals surface area contributed by atoms with Gasteiger partial charge in [0.15, 0.2) is 24.7 Å². The van der Waals surface area contributed by atoms with Gasteiger partial charge >= 0.3 is 11.9 Å². The van der Waals surface area contributed by atoms with Gasteiger partial charge in [0.05, 0.1) is 0 Å². The first-order valence-electron chi connectivity index (χ1n) is 4.52. The van der Waals surface area contributed by atoms with Crippen LogP contribution in [0.1, 0.15) is 0 Å². The molecule has 0 bridgehead atoms. The lowest BCUT2D eigenvalue weighted by Gasteiger charge is -2.09. The molecule has 0 aliphatic rings. The van der Waals surface area contributed by atoms with Crippen molar-refractivity contribution in [2.24, 2.45) is 0 Å². The van der Waals surface area contributed by atoms with Gasteiger partial charge in [0.25, 0.3) is 0 Å². The number of hydrogen-bond acceptors (Lipinski definition) is 5. The highest BCUT2D eigenvalue weighted by Gasteiger charge is 2.11. The van der Waals surface area contributed by atoms with Gasteiger partial charge in [0, 0.05) is 0 Å². The highest BCUT2D eigenvalue weighted by Crippen LogP contribution is 2.35. The van der Waals surface area contributed by atoms with Gasteiger partial charge in [-0.05, 0) is 12.1 Å². The van der Waals surface area contributed by atoms with E-state index in [1.54, 1.807) is 0 Å². The number of aliphatic carboxylic acids is 2. The van der Waals surface area contributed by atoms with Crippen LogP contribution in [-0.2, 0) is 9.59 Å². The molecule has 0 aromatic heterocycles. The van der Waals surface area contributed by atoms with E-state index in [2.05, 4.69) is 0 Å². The molecule has 0 amide bonds. The summed E-state index contributed by atoms with van der Waals surface area (Å²) in [5.74, 6) is -3.00. The number of para-hydroxylation sites is 1. The molecule has 7 heteroatoms. The van der Waals surface area contributed by atoms with Crippen molar-refractivity contribution in [1.82, 2.24) is 0 Å². The first kappa shape index (κ1) is 12.6. The zero-order chi connectivity index (χ0) is 12.8. The Balaban J connectivity index is 2.76. The van der Waals surface area contributed by atoms with E-state index in [4.69, 9.17) is 19.7 Å². The first-order chi connectivity index (χ1) is 8.00. The number of hydrogen-bond donors (Lipinski definition) is 3. The fourth-order valence-corrected chi connectivity index (χ4v) is 1.01. The molecule has 0 unspecified atom stereocenters. The minimum Gasteiger partial charge on any atom is -0.502 e. The zero-order valence-corrected chi connectivity index (χ0v) is 8.62. The van der Waals surface area contributed by atoms with E-state index < -0.39 is 30.9 Å². The zero-order valence-electron chi connectivity index (χ0n) is 8.62. The SMILES string of the molecule is O=C(O)COc1cccc(OCC(=O)O)c1O. The summed E-state index contributed by atoms with van der Waals surface area (Å²) in [4.78, 5) is 20.5. The maximum absolute atomic E-state index is 10.3. The van der Waals surface area contributed by atoms with Crippen molar-refractivity contribution in [1.29, 1.82) is 0 Å². The number of carboxylic acids is 2. The van der Waals surface area contributed by atoms with Gasteiger partial charge in [-0.3, -0.25) is 0 Å². The molecular formula is C10H10O7. The molecule has 0 saturated heterocycles. The summed E-state index contributed by atoms with van der Waals surface area (Å²) in [5, 5.41) is 26.4. The third-order valence-corrected chi connectivity index (χ3v) is 1.66. The predicted octanol–water partition coefficient (Wildman–Crippen LogP) is 0.319. The lowest BCUT2D eigenvalue weighted by molar-refractivity contribution is -0.140. The van der Waals surface area contributed by atoms with Crippen molar-refractivity contribution in [3.63, 3.8) is 0 Å². The Morgan fingerprint density at radius 3 is 1.76 bits per heavy atom. The maximum Gasteiger partial charge on any atom is 0.341 e. The van der Waals surface area contributed by atoms with Crippen molar-refractivity contribution in [2.45, 2.75) is 0 Å². The molecule has 3 N–H and O–H groups in total. The van der Waals surface area contributed by atoms with E-state index in [9.17, 15) is 14.7 Å². The Bertz CT molecular complexity index is 390. The Hall–Kier alpha value is -2.44. The van der Waals surface area contributed by atoms with Gasteiger partial charge < -0.3 is 24.8 Å². The van der Waals surface area contributed by atoms with Crippen LogP contribution in [-0.4, -0.2) is 40.5 Å². The average Bonchev–Trinajstić information content (AvgIpc) is 2.25. The first-order valence-corrected chi connectivity index (χ1v) is 4.52. The lowest BCUT2D eigenvalue weighted by Crippen LogP contribution is -2.11. The quantitative estimate of drug-likeness (QED) is 0.658. The van der Waals surface area contributed by atoms with Crippen molar-refractivity contribution in [3.8, 4) is 17.2 Å². The monoisotopic (exact) mass is 242 g/mol. The number of ether oxygens (including phenoxy) is 2. The van der Waals surface area contributed by atoms with Gasteiger partial charge in [-0.2, -0.15) is 0 Å². The Labute approximate surface area is 95.8 Å². The summed E-state index contributed by atoms with van der Waals surface area (Å²) in [6, 6.07) is 4.12. The Morgan fingerprint density at radius 2 is 1.41 bits per heavy atom. The molecule has 1 aromatic rings. The molecule has 7 nitrogen and oxygen atoms in total. The molecule has 92 valence electrons. The van der Waals surface area contributed by atoms with Crippen molar-refractivity contribution in [3.05, 3.63) is 18.2 Å². The van der Waals surface area contributed by atoms with E-state index in [0.717, 1.165) is 0 Å². The third-order valence-electron chi connectivity index (χ3n) is 1.66. The largest absolute Gasteiger partial charge is 0.502 e. The fourth-order valence-electron chi connectivity index (χ4n) is 1.01. The third kappa shape index (κ3) is 3.90. The van der Waals surface area contributed by atoms with Crippen LogP contribution >= 0.6 is 0 Å². The van der Waals surface area contributed by atoms with Crippen LogP contribution in [0.4, 0.5) is 0 Å². The molecule has 0 saturated carbocycles. The van der Waals surface area contributed by atoms with Crippen LogP contribution in [0.5, 0.6) is 17.2 Å². The molecule has 0 atom stereocenters. The van der Waals surface area contributed by atoms with Gasteiger partial charge in [0.1, 0.15) is 0 Å². The van der Waals surface area contributed by atoms with Crippen molar-refractivity contribution >= 4 is 11.9 Å². The molecule has 17 heavy (non-hydrogen) atoms. The van der Waals surface area contributed by atoms with Crippen LogP contribution < -0.4 is 9.47 Å². The fraction of sp³-hybridized carbons (Fsp3) is 0.200. The number of benzene rings is 1. The summed E-state index contributed by atoms with van der Waals surface area (Å²) in [7, 11) is 0. The summed E-state index contributed by atoms with van der Waals surface area (Å²) in [6.45, 7) is -1.23. The molecule has 1 rings (SSSR count). The van der Waals surface area contributed by atoms with Gasteiger partial charge in [-0.25, -0.2) is 9.59 Å².